The molecule has 19 heavy (non-hydrogen) atoms. The molecule has 0 N–H and O–H groups in total. The van der Waals surface area contributed by atoms with E-state index in [0.717, 1.165) is 12.0 Å². The molecule has 4 heteroatoms. The lowest BCUT2D eigenvalue weighted by Crippen LogP contribution is -2.41. The van der Waals surface area contributed by atoms with Crippen LogP contribution in [0.1, 0.15) is 29.4 Å². The number of nitrogens with zero attached hydrogens (tertiary/aromatic N) is 2. The summed E-state index contributed by atoms with van der Waals surface area (Å²) < 4.78 is 7.00. The molecule has 0 aliphatic heterocycles. The highest BCUT2D eigenvalue weighted by atomic mass is 16.5. The van der Waals surface area contributed by atoms with Crippen LogP contribution in [0.25, 0.3) is 0 Å². The van der Waals surface area contributed by atoms with Crippen LogP contribution in [0.5, 0.6) is 0 Å². The van der Waals surface area contributed by atoms with Crippen molar-refractivity contribution in [1.29, 1.82) is 0 Å². The Morgan fingerprint density at radius 1 is 1.32 bits per heavy atom. The van der Waals surface area contributed by atoms with Crippen LogP contribution in [-0.2, 0) is 11.3 Å². The zero-order chi connectivity index (χ0) is 13.5. The van der Waals surface area contributed by atoms with E-state index in [9.17, 15) is 4.79 Å². The summed E-state index contributed by atoms with van der Waals surface area (Å²) in [5.41, 5.74) is 1.60. The van der Waals surface area contributed by atoms with Gasteiger partial charge in [-0.25, -0.2) is 4.79 Å². The Kier molecular flexibility index (Phi) is 4.61. The van der Waals surface area contributed by atoms with Gasteiger partial charge in [-0.1, -0.05) is 37.3 Å². The number of aromatic nitrogens is 2. The third-order valence-electron chi connectivity index (χ3n) is 2.68. The number of benzene rings is 1. The Morgan fingerprint density at radius 3 is 2.84 bits per heavy atom. The summed E-state index contributed by atoms with van der Waals surface area (Å²) in [6, 6.07) is 9.97. The summed E-state index contributed by atoms with van der Waals surface area (Å²) in [7, 11) is 0. The molecule has 0 saturated carbocycles. The molecule has 1 aromatic heterocycles. The van der Waals surface area contributed by atoms with Gasteiger partial charge >= 0.3 is 11.7 Å². The number of hydrogen-bond acceptors (Lipinski definition) is 3. The smallest absolute Gasteiger partial charge is 0.405 e. The monoisotopic (exact) mass is 257 g/mol. The van der Waals surface area contributed by atoms with Crippen molar-refractivity contribution < 1.29 is 14.1 Å². The lowest BCUT2D eigenvalue weighted by molar-refractivity contribution is -0.691. The van der Waals surface area contributed by atoms with Gasteiger partial charge in [-0.3, -0.25) is 4.98 Å². The lowest BCUT2D eigenvalue weighted by Gasteiger charge is -2.03. The van der Waals surface area contributed by atoms with E-state index in [-0.39, 0.29) is 5.97 Å². The van der Waals surface area contributed by atoms with Gasteiger partial charge in [-0.15, -0.1) is 0 Å². The fraction of sp³-hybridized carbons (Fsp3) is 0.267. The molecule has 0 spiro atoms. The second-order valence-electron chi connectivity index (χ2n) is 4.21. The molecule has 0 saturated heterocycles. The van der Waals surface area contributed by atoms with Gasteiger partial charge in [0.1, 0.15) is 6.20 Å². The molecule has 0 atom stereocenters. The minimum Gasteiger partial charge on any atom is -0.458 e. The summed E-state index contributed by atoms with van der Waals surface area (Å²) in [5.74, 6) is -0.328. The highest BCUT2D eigenvalue weighted by Gasteiger charge is 2.20. The first kappa shape index (κ1) is 13.2. The van der Waals surface area contributed by atoms with Crippen LogP contribution in [0.4, 0.5) is 0 Å². The normalized spacial score (nSPS) is 10.2. The molecule has 2 rings (SSSR count). The van der Waals surface area contributed by atoms with Gasteiger partial charge < -0.3 is 4.74 Å². The predicted octanol–water partition coefficient (Wildman–Crippen LogP) is 1.98. The van der Waals surface area contributed by atoms with Crippen molar-refractivity contribution in [2.75, 3.05) is 6.61 Å². The molecular formula is C15H17N2O2+. The van der Waals surface area contributed by atoms with E-state index in [1.54, 1.807) is 18.6 Å². The molecule has 0 aliphatic rings. The minimum absolute atomic E-state index is 0.328. The van der Waals surface area contributed by atoms with Crippen LogP contribution in [0.15, 0.2) is 48.9 Å². The maximum atomic E-state index is 11.9. The van der Waals surface area contributed by atoms with Crippen molar-refractivity contribution in [1.82, 2.24) is 4.98 Å². The summed E-state index contributed by atoms with van der Waals surface area (Å²) in [6.45, 7) is 3.02. The SMILES string of the molecule is CCCOC(=O)c1cncc[n+]1Cc1ccccc1. The molecule has 4 nitrogen and oxygen atoms in total. The standard InChI is InChI=1S/C15H17N2O2/c1-2-10-19-15(18)14-11-16-8-9-17(14)12-13-6-4-3-5-7-13/h3-9,11H,2,10,12H2,1H3/q+1. The summed E-state index contributed by atoms with van der Waals surface area (Å²) in [5, 5.41) is 0. The Hall–Kier alpha value is -2.23. The molecule has 98 valence electrons. The predicted molar refractivity (Wildman–Crippen MR) is 70.5 cm³/mol. The summed E-state index contributed by atoms with van der Waals surface area (Å²) in [6.07, 6.45) is 5.81. The third-order valence-corrected chi connectivity index (χ3v) is 2.68. The molecule has 0 aliphatic carbocycles. The van der Waals surface area contributed by atoms with Crippen molar-refractivity contribution in [3.63, 3.8) is 0 Å². The van der Waals surface area contributed by atoms with Crippen LogP contribution >= 0.6 is 0 Å². The van der Waals surface area contributed by atoms with Gasteiger partial charge in [0.15, 0.2) is 12.7 Å². The zero-order valence-electron chi connectivity index (χ0n) is 11.0. The fourth-order valence-electron chi connectivity index (χ4n) is 1.74. The number of ether oxygens (including phenoxy) is 1. The average molecular weight is 257 g/mol. The Balaban J connectivity index is 2.19. The van der Waals surface area contributed by atoms with Crippen molar-refractivity contribution >= 4 is 5.97 Å². The molecule has 1 aromatic carbocycles. The number of carbonyl (C=O) groups excluding carboxylic acids is 1. The van der Waals surface area contributed by atoms with E-state index < -0.39 is 0 Å². The highest BCUT2D eigenvalue weighted by Crippen LogP contribution is 2.00. The first-order valence-corrected chi connectivity index (χ1v) is 6.35. The first-order chi connectivity index (χ1) is 9.31. The first-order valence-electron chi connectivity index (χ1n) is 6.35. The maximum absolute atomic E-state index is 11.9. The van der Waals surface area contributed by atoms with Crippen molar-refractivity contribution in [2.45, 2.75) is 19.9 Å². The van der Waals surface area contributed by atoms with Crippen LogP contribution in [0, 0.1) is 0 Å². The van der Waals surface area contributed by atoms with E-state index in [1.807, 2.05) is 41.8 Å². The molecule has 0 bridgehead atoms. The molecule has 0 radical (unpaired) electrons. The quantitative estimate of drug-likeness (QED) is 0.607. The van der Waals surface area contributed by atoms with Gasteiger partial charge in [0.05, 0.1) is 12.8 Å². The molecule has 1 heterocycles. The fourth-order valence-corrected chi connectivity index (χ4v) is 1.74. The van der Waals surface area contributed by atoms with E-state index in [0.29, 0.717) is 18.8 Å². The molecule has 0 unspecified atom stereocenters. The van der Waals surface area contributed by atoms with E-state index in [2.05, 4.69) is 4.98 Å². The topological polar surface area (TPSA) is 43.1 Å². The van der Waals surface area contributed by atoms with E-state index in [4.69, 9.17) is 4.74 Å². The van der Waals surface area contributed by atoms with E-state index >= 15 is 0 Å². The second-order valence-corrected chi connectivity index (χ2v) is 4.21. The maximum Gasteiger partial charge on any atom is 0.405 e. The lowest BCUT2D eigenvalue weighted by atomic mass is 10.2. The zero-order valence-corrected chi connectivity index (χ0v) is 11.0. The van der Waals surface area contributed by atoms with Crippen molar-refractivity contribution in [3.8, 4) is 0 Å². The second kappa shape index (κ2) is 6.64. The summed E-state index contributed by atoms with van der Waals surface area (Å²) in [4.78, 5) is 15.9. The minimum atomic E-state index is -0.328. The Morgan fingerprint density at radius 2 is 2.11 bits per heavy atom. The number of carbonyl (C=O) groups is 1. The van der Waals surface area contributed by atoms with Crippen molar-refractivity contribution in [2.24, 2.45) is 0 Å². The van der Waals surface area contributed by atoms with Crippen LogP contribution in [-0.4, -0.2) is 17.6 Å². The van der Waals surface area contributed by atoms with Crippen LogP contribution < -0.4 is 4.57 Å². The molecule has 2 aromatic rings. The summed E-state index contributed by atoms with van der Waals surface area (Å²) >= 11 is 0. The molecular weight excluding hydrogens is 240 g/mol. The Labute approximate surface area is 112 Å². The van der Waals surface area contributed by atoms with Gasteiger partial charge in [-0.2, -0.15) is 4.57 Å². The van der Waals surface area contributed by atoms with Gasteiger partial charge in [0.2, 0.25) is 0 Å². The molecule has 0 fully saturated rings. The Bertz CT molecular complexity index is 541. The van der Waals surface area contributed by atoms with E-state index in [1.165, 1.54) is 0 Å². The number of hydrogen-bond donors (Lipinski definition) is 0. The highest BCUT2D eigenvalue weighted by molar-refractivity contribution is 5.85. The van der Waals surface area contributed by atoms with Gasteiger partial charge in [0, 0.05) is 5.56 Å². The van der Waals surface area contributed by atoms with Crippen molar-refractivity contribution in [3.05, 3.63) is 60.2 Å². The van der Waals surface area contributed by atoms with Gasteiger partial charge in [-0.05, 0) is 6.42 Å². The number of esters is 1. The number of rotatable bonds is 5. The third kappa shape index (κ3) is 3.61. The van der Waals surface area contributed by atoms with Crippen LogP contribution in [0.3, 0.4) is 0 Å². The van der Waals surface area contributed by atoms with Gasteiger partial charge in [0.25, 0.3) is 0 Å². The average Bonchev–Trinajstić information content (AvgIpc) is 2.46. The largest absolute Gasteiger partial charge is 0.458 e. The van der Waals surface area contributed by atoms with Crippen LogP contribution in [0.2, 0.25) is 0 Å². The molecule has 0 amide bonds.